The third-order valence-electron chi connectivity index (χ3n) is 3.27. The van der Waals surface area contributed by atoms with Crippen LogP contribution in [0.4, 0.5) is 0 Å². The fourth-order valence-corrected chi connectivity index (χ4v) is 2.89. The molecule has 0 bridgehead atoms. The van der Waals surface area contributed by atoms with Crippen molar-refractivity contribution < 1.29 is 4.79 Å². The molecule has 0 aliphatic carbocycles. The molecule has 3 nitrogen and oxygen atoms in total. The SMILES string of the molecule is CC(C(=O)N(C)C1CCNC1)c1cccs1.Cl. The summed E-state index contributed by atoms with van der Waals surface area (Å²) in [5, 5.41) is 5.31. The highest BCUT2D eigenvalue weighted by Crippen LogP contribution is 2.23. The van der Waals surface area contributed by atoms with Gasteiger partial charge < -0.3 is 10.2 Å². The van der Waals surface area contributed by atoms with Crippen LogP contribution in [-0.4, -0.2) is 37.0 Å². The monoisotopic (exact) mass is 274 g/mol. The van der Waals surface area contributed by atoms with E-state index in [-0.39, 0.29) is 24.2 Å². The van der Waals surface area contributed by atoms with Crippen LogP contribution in [0.5, 0.6) is 0 Å². The van der Waals surface area contributed by atoms with Crippen molar-refractivity contribution >= 4 is 29.7 Å². The molecule has 1 saturated heterocycles. The highest BCUT2D eigenvalue weighted by atomic mass is 35.5. The summed E-state index contributed by atoms with van der Waals surface area (Å²) in [4.78, 5) is 15.3. The number of likely N-dealkylation sites (N-methyl/N-ethyl adjacent to an activating group) is 1. The number of carbonyl (C=O) groups is 1. The van der Waals surface area contributed by atoms with Crippen molar-refractivity contribution in [2.75, 3.05) is 20.1 Å². The third-order valence-corrected chi connectivity index (χ3v) is 4.33. The molecule has 0 aromatic carbocycles. The van der Waals surface area contributed by atoms with Gasteiger partial charge in [-0.1, -0.05) is 6.07 Å². The summed E-state index contributed by atoms with van der Waals surface area (Å²) in [6, 6.07) is 4.41. The second kappa shape index (κ2) is 6.38. The number of thiophene rings is 1. The lowest BCUT2D eigenvalue weighted by Crippen LogP contribution is -2.40. The van der Waals surface area contributed by atoms with Crippen LogP contribution >= 0.6 is 23.7 Å². The van der Waals surface area contributed by atoms with Crippen molar-refractivity contribution in [1.29, 1.82) is 0 Å². The smallest absolute Gasteiger partial charge is 0.230 e. The first kappa shape index (κ1) is 14.5. The minimum atomic E-state index is -0.00870. The summed E-state index contributed by atoms with van der Waals surface area (Å²) in [7, 11) is 1.92. The largest absolute Gasteiger partial charge is 0.341 e. The number of nitrogens with zero attached hydrogens (tertiary/aromatic N) is 1. The highest BCUT2D eigenvalue weighted by molar-refractivity contribution is 7.10. The first-order valence-corrected chi connectivity index (χ1v) is 6.59. The van der Waals surface area contributed by atoms with Crippen LogP contribution < -0.4 is 5.32 Å². The highest BCUT2D eigenvalue weighted by Gasteiger charge is 2.27. The molecule has 2 heterocycles. The lowest BCUT2D eigenvalue weighted by molar-refractivity contribution is -0.132. The lowest BCUT2D eigenvalue weighted by Gasteiger charge is -2.26. The maximum Gasteiger partial charge on any atom is 0.230 e. The third kappa shape index (κ3) is 3.21. The Bertz CT molecular complexity index is 349. The Hall–Kier alpha value is -0.580. The first-order chi connectivity index (χ1) is 7.70. The van der Waals surface area contributed by atoms with Gasteiger partial charge in [-0.05, 0) is 31.3 Å². The Morgan fingerprint density at radius 1 is 1.65 bits per heavy atom. The molecule has 1 aliphatic heterocycles. The van der Waals surface area contributed by atoms with Crippen molar-refractivity contribution in [1.82, 2.24) is 10.2 Å². The summed E-state index contributed by atoms with van der Waals surface area (Å²) in [5.41, 5.74) is 0. The van der Waals surface area contributed by atoms with E-state index in [0.717, 1.165) is 24.4 Å². The Labute approximate surface area is 113 Å². The van der Waals surface area contributed by atoms with E-state index in [9.17, 15) is 4.79 Å². The van der Waals surface area contributed by atoms with Crippen LogP contribution in [0, 0.1) is 0 Å². The number of nitrogens with one attached hydrogen (secondary N) is 1. The quantitative estimate of drug-likeness (QED) is 0.916. The van der Waals surface area contributed by atoms with Crippen LogP contribution in [0.1, 0.15) is 24.1 Å². The Balaban J connectivity index is 0.00000144. The molecule has 1 aromatic heterocycles. The van der Waals surface area contributed by atoms with Crippen LogP contribution in [0.3, 0.4) is 0 Å². The first-order valence-electron chi connectivity index (χ1n) is 5.71. The van der Waals surface area contributed by atoms with E-state index in [4.69, 9.17) is 0 Å². The number of rotatable bonds is 3. The Morgan fingerprint density at radius 3 is 2.94 bits per heavy atom. The summed E-state index contributed by atoms with van der Waals surface area (Å²) in [6.45, 7) is 3.95. The van der Waals surface area contributed by atoms with Gasteiger partial charge in [-0.15, -0.1) is 23.7 Å². The van der Waals surface area contributed by atoms with Gasteiger partial charge in [0.25, 0.3) is 0 Å². The topological polar surface area (TPSA) is 32.3 Å². The second-order valence-corrected chi connectivity index (χ2v) is 5.31. The molecule has 96 valence electrons. The van der Waals surface area contributed by atoms with Gasteiger partial charge in [0.2, 0.25) is 5.91 Å². The fourth-order valence-electron chi connectivity index (χ4n) is 2.11. The molecule has 1 N–H and O–H groups in total. The predicted octanol–water partition coefficient (Wildman–Crippen LogP) is 2.09. The number of hydrogen-bond donors (Lipinski definition) is 1. The number of amides is 1. The number of hydrogen-bond acceptors (Lipinski definition) is 3. The average Bonchev–Trinajstić information content (AvgIpc) is 2.97. The molecule has 2 rings (SSSR count). The summed E-state index contributed by atoms with van der Waals surface area (Å²) in [5.74, 6) is 0.224. The van der Waals surface area contributed by atoms with Gasteiger partial charge >= 0.3 is 0 Å². The molecule has 0 spiro atoms. The van der Waals surface area contributed by atoms with Gasteiger partial charge in [-0.2, -0.15) is 0 Å². The van der Waals surface area contributed by atoms with E-state index in [1.807, 2.05) is 36.4 Å². The van der Waals surface area contributed by atoms with E-state index in [1.165, 1.54) is 0 Å². The second-order valence-electron chi connectivity index (χ2n) is 4.33. The maximum atomic E-state index is 12.2. The van der Waals surface area contributed by atoms with Crippen LogP contribution in [0.25, 0.3) is 0 Å². The molecular weight excluding hydrogens is 256 g/mol. The molecule has 5 heteroatoms. The van der Waals surface area contributed by atoms with E-state index < -0.39 is 0 Å². The zero-order chi connectivity index (χ0) is 11.5. The zero-order valence-electron chi connectivity index (χ0n) is 10.2. The number of carbonyl (C=O) groups excluding carboxylic acids is 1. The zero-order valence-corrected chi connectivity index (χ0v) is 11.8. The summed E-state index contributed by atoms with van der Waals surface area (Å²) in [6.07, 6.45) is 1.07. The van der Waals surface area contributed by atoms with Crippen LogP contribution in [-0.2, 0) is 4.79 Å². The van der Waals surface area contributed by atoms with E-state index in [2.05, 4.69) is 5.32 Å². The minimum absolute atomic E-state index is 0. The normalized spacial score (nSPS) is 20.7. The minimum Gasteiger partial charge on any atom is -0.341 e. The average molecular weight is 275 g/mol. The fraction of sp³-hybridized carbons (Fsp3) is 0.583. The van der Waals surface area contributed by atoms with E-state index >= 15 is 0 Å². The van der Waals surface area contributed by atoms with Crippen molar-refractivity contribution in [2.45, 2.75) is 25.3 Å². The molecule has 0 saturated carbocycles. The van der Waals surface area contributed by atoms with E-state index in [0.29, 0.717) is 6.04 Å². The lowest BCUT2D eigenvalue weighted by atomic mass is 10.1. The van der Waals surface area contributed by atoms with Gasteiger partial charge in [0.15, 0.2) is 0 Å². The molecule has 2 unspecified atom stereocenters. The van der Waals surface area contributed by atoms with Gasteiger partial charge in [0.05, 0.1) is 5.92 Å². The van der Waals surface area contributed by atoms with E-state index in [1.54, 1.807) is 11.3 Å². The standard InChI is InChI=1S/C12H18N2OS.ClH/c1-9(11-4-3-7-16-11)12(15)14(2)10-5-6-13-8-10;/h3-4,7,9-10,13H,5-6,8H2,1-2H3;1H. The summed E-state index contributed by atoms with van der Waals surface area (Å²) >= 11 is 1.66. The molecule has 1 aliphatic rings. The molecule has 1 amide bonds. The van der Waals surface area contributed by atoms with Gasteiger partial charge in [-0.25, -0.2) is 0 Å². The van der Waals surface area contributed by atoms with Crippen molar-refractivity contribution in [3.63, 3.8) is 0 Å². The van der Waals surface area contributed by atoms with Gasteiger partial charge in [-0.3, -0.25) is 4.79 Å². The molecular formula is C12H19ClN2OS. The molecule has 17 heavy (non-hydrogen) atoms. The van der Waals surface area contributed by atoms with Crippen LogP contribution in [0.15, 0.2) is 17.5 Å². The number of halogens is 1. The predicted molar refractivity (Wildman–Crippen MR) is 74.0 cm³/mol. The van der Waals surface area contributed by atoms with Gasteiger partial charge in [0, 0.05) is 24.5 Å². The van der Waals surface area contributed by atoms with Crippen molar-refractivity contribution in [3.8, 4) is 0 Å². The van der Waals surface area contributed by atoms with Crippen molar-refractivity contribution in [2.24, 2.45) is 0 Å². The maximum absolute atomic E-state index is 12.2. The van der Waals surface area contributed by atoms with Crippen LogP contribution in [0.2, 0.25) is 0 Å². The molecule has 2 atom stereocenters. The molecule has 0 radical (unpaired) electrons. The summed E-state index contributed by atoms with van der Waals surface area (Å²) < 4.78 is 0. The van der Waals surface area contributed by atoms with Gasteiger partial charge in [0.1, 0.15) is 0 Å². The van der Waals surface area contributed by atoms with Crippen molar-refractivity contribution in [3.05, 3.63) is 22.4 Å². The molecule has 1 fully saturated rings. The Morgan fingerprint density at radius 2 is 2.41 bits per heavy atom. The Kier molecular flexibility index (Phi) is 5.43. The molecule has 1 aromatic rings.